The molecule has 0 fully saturated rings. The minimum absolute atomic E-state index is 0.0835. The van der Waals surface area contributed by atoms with Crippen LogP contribution in [0.4, 0.5) is 5.82 Å². The zero-order chi connectivity index (χ0) is 14.5. The molecule has 1 aliphatic carbocycles. The quantitative estimate of drug-likeness (QED) is 0.864. The van der Waals surface area contributed by atoms with Crippen molar-refractivity contribution in [3.63, 3.8) is 0 Å². The van der Waals surface area contributed by atoms with Crippen molar-refractivity contribution in [3.8, 4) is 6.07 Å². The SMILES string of the molecule is CCC(CC)N(CCO)c1nc2c(cc1C#N)CCC2. The molecule has 0 saturated carbocycles. The predicted molar refractivity (Wildman–Crippen MR) is 79.8 cm³/mol. The Hall–Kier alpha value is -1.60. The van der Waals surface area contributed by atoms with E-state index >= 15 is 0 Å². The molecule has 4 heteroatoms. The molecule has 0 saturated heterocycles. The molecule has 0 bridgehead atoms. The van der Waals surface area contributed by atoms with Crippen molar-refractivity contribution in [2.45, 2.75) is 52.0 Å². The first-order valence-corrected chi connectivity index (χ1v) is 7.55. The van der Waals surface area contributed by atoms with Gasteiger partial charge in [-0.1, -0.05) is 13.8 Å². The molecule has 0 aromatic carbocycles. The highest BCUT2D eigenvalue weighted by Crippen LogP contribution is 2.29. The Morgan fingerprint density at radius 1 is 1.40 bits per heavy atom. The third-order valence-corrected chi connectivity index (χ3v) is 4.15. The topological polar surface area (TPSA) is 60.1 Å². The van der Waals surface area contributed by atoms with Crippen molar-refractivity contribution in [3.05, 3.63) is 22.9 Å². The number of nitrogens with zero attached hydrogens (tertiary/aromatic N) is 3. The number of aliphatic hydroxyl groups excluding tert-OH is 1. The zero-order valence-corrected chi connectivity index (χ0v) is 12.4. The summed E-state index contributed by atoms with van der Waals surface area (Å²) in [6, 6.07) is 4.60. The van der Waals surface area contributed by atoms with Crippen molar-refractivity contribution in [1.29, 1.82) is 5.26 Å². The van der Waals surface area contributed by atoms with Gasteiger partial charge in [0.25, 0.3) is 0 Å². The second-order valence-electron chi connectivity index (χ2n) is 5.32. The maximum absolute atomic E-state index is 9.41. The smallest absolute Gasteiger partial charge is 0.147 e. The van der Waals surface area contributed by atoms with Gasteiger partial charge in [-0.3, -0.25) is 0 Å². The maximum atomic E-state index is 9.41. The van der Waals surface area contributed by atoms with E-state index in [2.05, 4.69) is 24.8 Å². The summed E-state index contributed by atoms with van der Waals surface area (Å²) in [5.74, 6) is 0.760. The summed E-state index contributed by atoms with van der Waals surface area (Å²) in [6.45, 7) is 4.89. The van der Waals surface area contributed by atoms with Gasteiger partial charge in [-0.25, -0.2) is 4.98 Å². The molecular formula is C16H23N3O. The fourth-order valence-electron chi connectivity index (χ4n) is 3.06. The first-order chi connectivity index (χ1) is 9.74. The summed E-state index contributed by atoms with van der Waals surface area (Å²) < 4.78 is 0. The molecule has 1 heterocycles. The van der Waals surface area contributed by atoms with E-state index in [-0.39, 0.29) is 6.61 Å². The van der Waals surface area contributed by atoms with E-state index < -0.39 is 0 Å². The van der Waals surface area contributed by atoms with E-state index in [0.717, 1.165) is 43.6 Å². The molecule has 0 aliphatic heterocycles. The molecule has 4 nitrogen and oxygen atoms in total. The Morgan fingerprint density at radius 3 is 2.75 bits per heavy atom. The third-order valence-electron chi connectivity index (χ3n) is 4.15. The van der Waals surface area contributed by atoms with Gasteiger partial charge in [0.1, 0.15) is 11.9 Å². The number of pyridine rings is 1. The van der Waals surface area contributed by atoms with E-state index in [1.54, 1.807) is 0 Å². The Balaban J connectivity index is 2.44. The summed E-state index contributed by atoms with van der Waals surface area (Å²) in [5, 5.41) is 18.8. The molecule has 108 valence electrons. The summed E-state index contributed by atoms with van der Waals surface area (Å²) in [4.78, 5) is 6.86. The maximum Gasteiger partial charge on any atom is 0.147 e. The van der Waals surface area contributed by atoms with Gasteiger partial charge in [-0.2, -0.15) is 5.26 Å². The summed E-state index contributed by atoms with van der Waals surface area (Å²) >= 11 is 0. The van der Waals surface area contributed by atoms with Crippen LogP contribution in [0.1, 0.15) is 49.9 Å². The Labute approximate surface area is 121 Å². The number of aryl methyl sites for hydroxylation is 2. The minimum atomic E-state index is 0.0835. The van der Waals surface area contributed by atoms with Crippen LogP contribution in [0.5, 0.6) is 0 Å². The zero-order valence-electron chi connectivity index (χ0n) is 12.4. The van der Waals surface area contributed by atoms with Gasteiger partial charge in [-0.05, 0) is 43.7 Å². The molecule has 20 heavy (non-hydrogen) atoms. The predicted octanol–water partition coefficient (Wildman–Crippen LogP) is 2.43. The van der Waals surface area contributed by atoms with Crippen LogP contribution in [0, 0.1) is 11.3 Å². The van der Waals surface area contributed by atoms with Crippen LogP contribution in [0.3, 0.4) is 0 Å². The van der Waals surface area contributed by atoms with Gasteiger partial charge in [0.2, 0.25) is 0 Å². The number of aliphatic hydroxyl groups is 1. The van der Waals surface area contributed by atoms with Crippen LogP contribution in [-0.4, -0.2) is 29.3 Å². The number of rotatable bonds is 6. The van der Waals surface area contributed by atoms with Crippen LogP contribution >= 0.6 is 0 Å². The van der Waals surface area contributed by atoms with Crippen LogP contribution in [0.2, 0.25) is 0 Å². The lowest BCUT2D eigenvalue weighted by Crippen LogP contribution is -2.38. The average molecular weight is 273 g/mol. The standard InChI is InChI=1S/C16H23N3O/c1-3-14(4-2)19(8-9-20)16-13(11-17)10-12-6-5-7-15(12)18-16/h10,14,20H,3-9H2,1-2H3. The van der Waals surface area contributed by atoms with Crippen molar-refractivity contribution in [1.82, 2.24) is 4.98 Å². The lowest BCUT2D eigenvalue weighted by molar-refractivity contribution is 0.295. The van der Waals surface area contributed by atoms with Gasteiger partial charge in [0.15, 0.2) is 0 Å². The van der Waals surface area contributed by atoms with Crippen molar-refractivity contribution in [2.75, 3.05) is 18.1 Å². The fourth-order valence-corrected chi connectivity index (χ4v) is 3.06. The average Bonchev–Trinajstić information content (AvgIpc) is 2.93. The van der Waals surface area contributed by atoms with Crippen LogP contribution < -0.4 is 4.90 Å². The van der Waals surface area contributed by atoms with E-state index in [1.807, 2.05) is 6.07 Å². The molecule has 1 N–H and O–H groups in total. The first-order valence-electron chi connectivity index (χ1n) is 7.55. The van der Waals surface area contributed by atoms with E-state index in [1.165, 1.54) is 5.56 Å². The molecular weight excluding hydrogens is 250 g/mol. The van der Waals surface area contributed by atoms with Crippen molar-refractivity contribution in [2.24, 2.45) is 0 Å². The van der Waals surface area contributed by atoms with Crippen molar-refractivity contribution < 1.29 is 5.11 Å². The number of aromatic nitrogens is 1. The van der Waals surface area contributed by atoms with E-state index in [9.17, 15) is 10.4 Å². The minimum Gasteiger partial charge on any atom is -0.395 e. The monoisotopic (exact) mass is 273 g/mol. The number of anilines is 1. The third kappa shape index (κ3) is 2.78. The largest absolute Gasteiger partial charge is 0.395 e. The van der Waals surface area contributed by atoms with Gasteiger partial charge >= 0.3 is 0 Å². The summed E-state index contributed by atoms with van der Waals surface area (Å²) in [5.41, 5.74) is 3.00. The number of fused-ring (bicyclic) bond motifs is 1. The van der Waals surface area contributed by atoms with Gasteiger partial charge in [0.05, 0.1) is 12.2 Å². The highest BCUT2D eigenvalue weighted by Gasteiger charge is 2.23. The van der Waals surface area contributed by atoms with Gasteiger partial charge < -0.3 is 10.0 Å². The van der Waals surface area contributed by atoms with Crippen LogP contribution in [0.15, 0.2) is 6.07 Å². The Kier molecular flexibility index (Phi) is 4.97. The van der Waals surface area contributed by atoms with Gasteiger partial charge in [-0.15, -0.1) is 0 Å². The van der Waals surface area contributed by atoms with E-state index in [0.29, 0.717) is 18.2 Å². The molecule has 0 amide bonds. The molecule has 1 aliphatic rings. The van der Waals surface area contributed by atoms with Crippen LogP contribution in [0.25, 0.3) is 0 Å². The Morgan fingerprint density at radius 2 is 2.15 bits per heavy atom. The molecule has 0 atom stereocenters. The lowest BCUT2D eigenvalue weighted by Gasteiger charge is -2.32. The van der Waals surface area contributed by atoms with E-state index in [4.69, 9.17) is 4.98 Å². The molecule has 1 aromatic heterocycles. The number of nitriles is 1. The second-order valence-corrected chi connectivity index (χ2v) is 5.32. The Bertz CT molecular complexity index is 503. The number of hydrogen-bond acceptors (Lipinski definition) is 4. The summed E-state index contributed by atoms with van der Waals surface area (Å²) in [6.07, 6.45) is 5.13. The molecule has 2 rings (SSSR count). The van der Waals surface area contributed by atoms with Crippen molar-refractivity contribution >= 4 is 5.82 Å². The highest BCUT2D eigenvalue weighted by molar-refractivity contribution is 5.57. The normalized spacial score (nSPS) is 13.3. The molecule has 0 radical (unpaired) electrons. The molecule has 1 aromatic rings. The second kappa shape index (κ2) is 6.71. The van der Waals surface area contributed by atoms with Gasteiger partial charge in [0, 0.05) is 18.3 Å². The number of hydrogen-bond donors (Lipinski definition) is 1. The molecule has 0 unspecified atom stereocenters. The fraction of sp³-hybridized carbons (Fsp3) is 0.625. The first kappa shape index (κ1) is 14.8. The lowest BCUT2D eigenvalue weighted by atomic mass is 10.1. The van der Waals surface area contributed by atoms with Crippen LogP contribution in [-0.2, 0) is 12.8 Å². The summed E-state index contributed by atoms with van der Waals surface area (Å²) in [7, 11) is 0. The molecule has 0 spiro atoms. The highest BCUT2D eigenvalue weighted by atomic mass is 16.3.